The second-order valence-corrected chi connectivity index (χ2v) is 12.5. The van der Waals surface area contributed by atoms with Crippen molar-refractivity contribution in [3.63, 3.8) is 0 Å². The first-order valence-corrected chi connectivity index (χ1v) is 16.1. The first-order chi connectivity index (χ1) is 19.0. The fourth-order valence-corrected chi connectivity index (χ4v) is 7.36. The average molecular weight is 620 g/mol. The van der Waals surface area contributed by atoms with Crippen molar-refractivity contribution >= 4 is 48.3 Å². The summed E-state index contributed by atoms with van der Waals surface area (Å²) in [5.74, 6) is 1.43. The van der Waals surface area contributed by atoms with Crippen molar-refractivity contribution < 1.29 is 78.0 Å². The molecule has 5 rings (SSSR count). The van der Waals surface area contributed by atoms with Crippen molar-refractivity contribution in [2.24, 2.45) is 0 Å². The first kappa shape index (κ1) is 34.7. The molecule has 0 N–H and O–H groups in total. The van der Waals surface area contributed by atoms with E-state index in [1.807, 2.05) is 24.3 Å². The topological polar surface area (TPSA) is 75.7 Å². The molecule has 200 valence electrons. The third kappa shape index (κ3) is 9.61. The third-order valence-electron chi connectivity index (χ3n) is 6.30. The first-order valence-electron chi connectivity index (χ1n) is 12.7. The van der Waals surface area contributed by atoms with Gasteiger partial charge >= 0.3 is 59.1 Å². The van der Waals surface area contributed by atoms with Gasteiger partial charge in [-0.1, -0.05) is 97.1 Å². The summed E-state index contributed by atoms with van der Waals surface area (Å²) >= 11 is 3.46. The van der Waals surface area contributed by atoms with Crippen LogP contribution in [0.4, 0.5) is 11.4 Å². The molecule has 0 fully saturated rings. The van der Waals surface area contributed by atoms with Crippen molar-refractivity contribution in [3.05, 3.63) is 136 Å². The number of benzene rings is 4. The molecule has 0 saturated heterocycles. The van der Waals surface area contributed by atoms with E-state index in [-0.39, 0.29) is 65.7 Å². The Balaban J connectivity index is 0.00000231. The van der Waals surface area contributed by atoms with Gasteiger partial charge in [0.25, 0.3) is 0 Å². The van der Waals surface area contributed by atoms with Crippen LogP contribution in [0.2, 0.25) is 0 Å². The van der Waals surface area contributed by atoms with Crippen LogP contribution in [0.15, 0.2) is 113 Å². The summed E-state index contributed by atoms with van der Waals surface area (Å²) in [7, 11) is -4.96. The predicted molar refractivity (Wildman–Crippen MR) is 160 cm³/mol. The zero-order valence-electron chi connectivity index (χ0n) is 23.3. The summed E-state index contributed by atoms with van der Waals surface area (Å²) in [6.07, 6.45) is 0.450. The summed E-state index contributed by atoms with van der Waals surface area (Å²) in [5, 5.41) is 0. The summed E-state index contributed by atoms with van der Waals surface area (Å²) < 4.78 is 16.5. The van der Waals surface area contributed by atoms with Gasteiger partial charge in [-0.05, 0) is 29.7 Å². The largest absolute Gasteiger partial charge is 1.00 e. The molecule has 0 atom stereocenters. The van der Waals surface area contributed by atoms with Crippen LogP contribution in [-0.4, -0.2) is 12.4 Å². The van der Waals surface area contributed by atoms with Crippen LogP contribution in [-0.2, 0) is 21.4 Å². The Morgan fingerprint density at radius 3 is 1.78 bits per heavy atom. The molecule has 10 heteroatoms. The molecular weight excluding hydrogens is 591 g/mol. The number of para-hydroxylation sites is 2. The predicted octanol–water partition coefficient (Wildman–Crippen LogP) is 0.965. The SMILES string of the molecule is O=P([O-])([O-])OCCCSC(SCc1ccccc1)=C1c2ccccc2N(Cc2ccccc2)c2ccccc21.[Na+].[Na+]. The molecule has 0 aliphatic carbocycles. The van der Waals surface area contributed by atoms with Gasteiger partial charge in [0.2, 0.25) is 0 Å². The van der Waals surface area contributed by atoms with E-state index in [2.05, 4.69) is 94.4 Å². The maximum atomic E-state index is 10.9. The minimum absolute atomic E-state index is 0. The van der Waals surface area contributed by atoms with E-state index in [1.165, 1.54) is 16.7 Å². The molecule has 0 bridgehead atoms. The molecule has 4 aromatic carbocycles. The summed E-state index contributed by atoms with van der Waals surface area (Å²) in [6.45, 7) is 0.644. The average Bonchev–Trinajstić information content (AvgIpc) is 2.95. The Hall–Kier alpha value is -0.770. The van der Waals surface area contributed by atoms with Crippen LogP contribution in [0.5, 0.6) is 0 Å². The van der Waals surface area contributed by atoms with Gasteiger partial charge < -0.3 is 23.8 Å². The smallest absolute Gasteiger partial charge is 0.790 e. The van der Waals surface area contributed by atoms with Crippen molar-refractivity contribution in [2.75, 3.05) is 17.3 Å². The van der Waals surface area contributed by atoms with Gasteiger partial charge in [-0.25, -0.2) is 0 Å². The molecule has 41 heavy (non-hydrogen) atoms. The molecule has 1 heterocycles. The van der Waals surface area contributed by atoms with Crippen LogP contribution < -0.4 is 73.8 Å². The molecule has 0 spiro atoms. The van der Waals surface area contributed by atoms with E-state index < -0.39 is 7.82 Å². The van der Waals surface area contributed by atoms with Crippen LogP contribution in [0, 0.1) is 0 Å². The molecule has 0 aromatic heterocycles. The maximum absolute atomic E-state index is 10.9. The number of rotatable bonds is 11. The number of phosphoric acid groups is 1. The Morgan fingerprint density at radius 1 is 0.707 bits per heavy atom. The van der Waals surface area contributed by atoms with Crippen molar-refractivity contribution in [3.8, 4) is 0 Å². The van der Waals surface area contributed by atoms with Gasteiger partial charge in [0.1, 0.15) is 0 Å². The number of fused-ring (bicyclic) bond motifs is 2. The van der Waals surface area contributed by atoms with Gasteiger partial charge in [-0.2, -0.15) is 0 Å². The summed E-state index contributed by atoms with van der Waals surface area (Å²) in [5.41, 5.74) is 8.26. The van der Waals surface area contributed by atoms with Gasteiger partial charge in [-0.15, -0.1) is 23.5 Å². The maximum Gasteiger partial charge on any atom is 1.00 e. The summed E-state index contributed by atoms with van der Waals surface area (Å²) in [4.78, 5) is 24.2. The number of nitrogens with zero attached hydrogens (tertiary/aromatic N) is 1. The van der Waals surface area contributed by atoms with Crippen LogP contribution in [0.3, 0.4) is 0 Å². The number of thioether (sulfide) groups is 2. The Bertz CT molecular complexity index is 1440. The van der Waals surface area contributed by atoms with Crippen molar-refractivity contribution in [1.82, 2.24) is 0 Å². The van der Waals surface area contributed by atoms with E-state index in [0.717, 1.165) is 39.0 Å². The minimum Gasteiger partial charge on any atom is -0.790 e. The second kappa shape index (κ2) is 16.9. The Labute approximate surface area is 295 Å². The summed E-state index contributed by atoms with van der Waals surface area (Å²) in [6, 6.07) is 37.8. The number of phosphoric ester groups is 1. The van der Waals surface area contributed by atoms with Gasteiger partial charge in [0.05, 0.1) is 14.4 Å². The van der Waals surface area contributed by atoms with Crippen molar-refractivity contribution in [1.29, 1.82) is 0 Å². The van der Waals surface area contributed by atoms with E-state index in [0.29, 0.717) is 12.2 Å². The Kier molecular flexibility index (Phi) is 14.3. The minimum atomic E-state index is -4.96. The normalized spacial score (nSPS) is 12.0. The van der Waals surface area contributed by atoms with Gasteiger partial charge in [0, 0.05) is 50.4 Å². The molecular formula is C31H28NNa2O4PS2. The molecule has 1 aliphatic heterocycles. The fourth-order valence-electron chi connectivity index (χ4n) is 4.58. The number of hydrogen-bond donors (Lipinski definition) is 0. The number of hydrogen-bond acceptors (Lipinski definition) is 7. The molecule has 0 radical (unpaired) electrons. The molecule has 1 aliphatic rings. The number of anilines is 2. The van der Waals surface area contributed by atoms with E-state index in [4.69, 9.17) is 0 Å². The van der Waals surface area contributed by atoms with E-state index in [1.54, 1.807) is 23.5 Å². The third-order valence-corrected chi connectivity index (χ3v) is 9.41. The van der Waals surface area contributed by atoms with Gasteiger partial charge in [0.15, 0.2) is 0 Å². The van der Waals surface area contributed by atoms with Crippen LogP contribution >= 0.6 is 31.3 Å². The zero-order valence-corrected chi connectivity index (χ0v) is 29.8. The zero-order chi connectivity index (χ0) is 27.1. The van der Waals surface area contributed by atoms with Crippen LogP contribution in [0.1, 0.15) is 28.7 Å². The monoisotopic (exact) mass is 619 g/mol. The Morgan fingerprint density at radius 2 is 1.22 bits per heavy atom. The van der Waals surface area contributed by atoms with E-state index >= 15 is 0 Å². The fraction of sp³-hybridized carbons (Fsp3) is 0.161. The molecule has 4 aromatic rings. The quantitative estimate of drug-likeness (QED) is 0.141. The molecule has 0 unspecified atom stereocenters. The molecule has 0 amide bonds. The molecule has 0 saturated carbocycles. The second-order valence-electron chi connectivity index (χ2n) is 9.03. The van der Waals surface area contributed by atoms with E-state index in [9.17, 15) is 14.4 Å². The van der Waals surface area contributed by atoms with Gasteiger partial charge in [-0.3, -0.25) is 0 Å². The molecule has 5 nitrogen and oxygen atoms in total. The van der Waals surface area contributed by atoms with Crippen molar-refractivity contribution in [2.45, 2.75) is 18.7 Å². The standard InChI is InChI=1S/C31H30NO4PS2.2Na/c33-37(34,35)36-20-11-21-38-31(39-23-25-14-5-2-6-15-25)30-26-16-7-9-18-28(26)32(22-24-12-3-1-4-13-24)29-19-10-8-17-27(29)30;;/h1-10,12-19H,11,20-23H2,(H2,33,34,35);;/q;2*+1/p-2. The van der Waals surface area contributed by atoms with Crippen LogP contribution in [0.25, 0.3) is 5.57 Å².